The Kier molecular flexibility index (Phi) is 7.99. The van der Waals surface area contributed by atoms with Crippen LogP contribution < -0.4 is 9.47 Å². The van der Waals surface area contributed by atoms with Crippen LogP contribution in [0.1, 0.15) is 32.8 Å². The van der Waals surface area contributed by atoms with Crippen molar-refractivity contribution in [3.8, 4) is 11.5 Å². The smallest absolute Gasteiger partial charge is 0.266 e. The van der Waals surface area contributed by atoms with Crippen molar-refractivity contribution >= 4 is 57.2 Å². The maximum atomic E-state index is 13.2. The lowest BCUT2D eigenvalue weighted by Gasteiger charge is -2.17. The minimum absolute atomic E-state index is 0.0712. The van der Waals surface area contributed by atoms with Crippen LogP contribution >= 0.6 is 34.4 Å². The van der Waals surface area contributed by atoms with Crippen molar-refractivity contribution in [2.45, 2.75) is 33.3 Å². The number of hydrogen-bond acceptors (Lipinski definition) is 5. The summed E-state index contributed by atoms with van der Waals surface area (Å²) in [6.45, 7) is 6.47. The number of benzene rings is 2. The highest BCUT2D eigenvalue weighted by Gasteiger charge is 2.32. The monoisotopic (exact) mass is 554 g/mol. The van der Waals surface area contributed by atoms with Crippen molar-refractivity contribution in [2.75, 3.05) is 13.7 Å². The Morgan fingerprint density at radius 2 is 1.97 bits per heavy atom. The fourth-order valence-corrected chi connectivity index (χ4v) is 4.68. The van der Waals surface area contributed by atoms with Gasteiger partial charge < -0.3 is 9.47 Å². The highest BCUT2D eigenvalue weighted by molar-refractivity contribution is 14.1. The van der Waals surface area contributed by atoms with E-state index in [2.05, 4.69) is 34.5 Å². The molecule has 8 heteroatoms. The quantitative estimate of drug-likeness (QED) is 0.301. The van der Waals surface area contributed by atoms with Gasteiger partial charge in [0, 0.05) is 6.54 Å². The lowest BCUT2D eigenvalue weighted by atomic mass is 10.1. The number of carbonyl (C=O) groups is 1. The predicted molar refractivity (Wildman–Crippen MR) is 133 cm³/mol. The first-order valence-corrected chi connectivity index (χ1v) is 11.9. The van der Waals surface area contributed by atoms with E-state index in [1.807, 2.05) is 32.1 Å². The minimum atomic E-state index is -0.323. The van der Waals surface area contributed by atoms with Crippen molar-refractivity contribution in [2.24, 2.45) is 4.99 Å². The second kappa shape index (κ2) is 10.5. The summed E-state index contributed by atoms with van der Waals surface area (Å²) in [6.07, 6.45) is 2.79. The van der Waals surface area contributed by atoms with Crippen molar-refractivity contribution in [1.29, 1.82) is 0 Å². The van der Waals surface area contributed by atoms with Gasteiger partial charge in [-0.05, 0) is 103 Å². The van der Waals surface area contributed by atoms with Crippen LogP contribution in [0.15, 0.2) is 46.3 Å². The number of nitrogens with zero attached hydrogens (tertiary/aromatic N) is 2. The van der Waals surface area contributed by atoms with Gasteiger partial charge in [0.15, 0.2) is 16.7 Å². The number of amides is 1. The molecule has 5 nitrogen and oxygen atoms in total. The van der Waals surface area contributed by atoms with Gasteiger partial charge in [-0.2, -0.15) is 0 Å². The Balaban J connectivity index is 1.93. The van der Waals surface area contributed by atoms with Crippen LogP contribution in [0.4, 0.5) is 10.1 Å². The van der Waals surface area contributed by atoms with E-state index >= 15 is 0 Å². The summed E-state index contributed by atoms with van der Waals surface area (Å²) >= 11 is 3.52. The first-order valence-electron chi connectivity index (χ1n) is 9.96. The normalized spacial score (nSPS) is 17.5. The zero-order valence-corrected chi connectivity index (χ0v) is 20.8. The lowest BCUT2D eigenvalue weighted by molar-refractivity contribution is -0.122. The molecule has 1 atom stereocenters. The Bertz CT molecular complexity index is 1020. The standard InChI is InChI=1S/C23H24FIN2O3S/c1-5-14(3)30-21-18(25)11-15(12-19(21)29-4)13-20-22(28)27(6-2)23(31-20)26-17-9-7-16(24)8-10-17/h7-14H,5-6H2,1-4H3/b20-13+,26-23?/t14-/m0/s1. The average molecular weight is 554 g/mol. The molecular weight excluding hydrogens is 530 g/mol. The molecule has 31 heavy (non-hydrogen) atoms. The van der Waals surface area contributed by atoms with Crippen LogP contribution in [0, 0.1) is 9.39 Å². The molecule has 0 radical (unpaired) electrons. The van der Waals surface area contributed by atoms with Gasteiger partial charge >= 0.3 is 0 Å². The maximum absolute atomic E-state index is 13.2. The molecule has 0 saturated carbocycles. The number of halogens is 2. The third kappa shape index (κ3) is 5.60. The van der Waals surface area contributed by atoms with E-state index < -0.39 is 0 Å². The molecule has 1 amide bonds. The number of likely N-dealkylation sites (N-methyl/N-ethyl adjacent to an activating group) is 1. The number of hydrogen-bond donors (Lipinski definition) is 0. The van der Waals surface area contributed by atoms with Crippen molar-refractivity contribution in [3.05, 3.63) is 56.3 Å². The van der Waals surface area contributed by atoms with E-state index in [-0.39, 0.29) is 17.8 Å². The third-order valence-electron chi connectivity index (χ3n) is 4.70. The first-order chi connectivity index (χ1) is 14.9. The minimum Gasteiger partial charge on any atom is -0.493 e. The maximum Gasteiger partial charge on any atom is 0.266 e. The highest BCUT2D eigenvalue weighted by Crippen LogP contribution is 2.38. The molecule has 3 rings (SSSR count). The van der Waals surface area contributed by atoms with E-state index in [4.69, 9.17) is 9.47 Å². The molecule has 0 bridgehead atoms. The number of ether oxygens (including phenoxy) is 2. The molecule has 0 aliphatic carbocycles. The van der Waals surface area contributed by atoms with Crippen LogP contribution in [0.25, 0.3) is 6.08 Å². The number of thioether (sulfide) groups is 1. The van der Waals surface area contributed by atoms with Gasteiger partial charge in [0.1, 0.15) is 5.82 Å². The molecule has 0 aromatic heterocycles. The van der Waals surface area contributed by atoms with E-state index in [9.17, 15) is 9.18 Å². The molecule has 1 saturated heterocycles. The summed E-state index contributed by atoms with van der Waals surface area (Å²) in [5.74, 6) is 0.902. The fraction of sp³-hybridized carbons (Fsp3) is 0.304. The number of rotatable bonds is 7. The van der Waals surface area contributed by atoms with Crippen molar-refractivity contribution < 1.29 is 18.7 Å². The van der Waals surface area contributed by atoms with Gasteiger partial charge in [0.05, 0.1) is 27.4 Å². The highest BCUT2D eigenvalue weighted by atomic mass is 127. The Hall–Kier alpha value is -2.07. The summed E-state index contributed by atoms with van der Waals surface area (Å²) < 4.78 is 25.6. The molecule has 1 heterocycles. The Morgan fingerprint density at radius 1 is 1.26 bits per heavy atom. The molecular formula is C23H24FIN2O3S. The van der Waals surface area contributed by atoms with Gasteiger partial charge in [-0.3, -0.25) is 9.69 Å². The predicted octanol–water partition coefficient (Wildman–Crippen LogP) is 6.24. The second-order valence-electron chi connectivity index (χ2n) is 6.90. The van der Waals surface area contributed by atoms with E-state index in [0.29, 0.717) is 33.8 Å². The van der Waals surface area contributed by atoms with Gasteiger partial charge in [-0.15, -0.1) is 0 Å². The largest absolute Gasteiger partial charge is 0.493 e. The van der Waals surface area contributed by atoms with Gasteiger partial charge in [-0.1, -0.05) is 6.92 Å². The number of methoxy groups -OCH3 is 1. The molecule has 1 aliphatic heterocycles. The van der Waals surface area contributed by atoms with Gasteiger partial charge in [0.25, 0.3) is 5.91 Å². The third-order valence-corrected chi connectivity index (χ3v) is 6.51. The zero-order valence-electron chi connectivity index (χ0n) is 17.8. The van der Waals surface area contributed by atoms with E-state index in [1.54, 1.807) is 24.1 Å². The van der Waals surface area contributed by atoms with Crippen LogP contribution in [0.3, 0.4) is 0 Å². The summed E-state index contributed by atoms with van der Waals surface area (Å²) in [4.78, 5) is 19.6. The Morgan fingerprint density at radius 3 is 2.58 bits per heavy atom. The van der Waals surface area contributed by atoms with Crippen LogP contribution in [0.2, 0.25) is 0 Å². The summed E-state index contributed by atoms with van der Waals surface area (Å²) in [5, 5.41) is 0.573. The zero-order chi connectivity index (χ0) is 22.5. The van der Waals surface area contributed by atoms with Crippen molar-refractivity contribution in [1.82, 2.24) is 4.90 Å². The average Bonchev–Trinajstić information content (AvgIpc) is 3.04. The SMILES string of the molecule is CC[C@H](C)Oc1c(I)cc(/C=C2/SC(=Nc3ccc(F)cc3)N(CC)C2=O)cc1OC. The molecule has 2 aromatic carbocycles. The summed E-state index contributed by atoms with van der Waals surface area (Å²) in [6, 6.07) is 9.72. The van der Waals surface area contributed by atoms with E-state index in [1.165, 1.54) is 23.9 Å². The number of aliphatic imine (C=N–C) groups is 1. The molecule has 164 valence electrons. The lowest BCUT2D eigenvalue weighted by Crippen LogP contribution is -2.28. The fourth-order valence-electron chi connectivity index (χ4n) is 2.87. The molecule has 0 spiro atoms. The summed E-state index contributed by atoms with van der Waals surface area (Å²) in [5.41, 5.74) is 1.44. The Labute approximate surface area is 199 Å². The van der Waals surface area contributed by atoms with Crippen LogP contribution in [-0.4, -0.2) is 35.7 Å². The number of carbonyl (C=O) groups excluding carboxylic acids is 1. The topological polar surface area (TPSA) is 51.1 Å². The summed E-state index contributed by atoms with van der Waals surface area (Å²) in [7, 11) is 1.60. The molecule has 0 N–H and O–H groups in total. The van der Waals surface area contributed by atoms with Crippen molar-refractivity contribution in [3.63, 3.8) is 0 Å². The van der Waals surface area contributed by atoms with E-state index in [0.717, 1.165) is 15.6 Å². The molecule has 1 aliphatic rings. The molecule has 2 aromatic rings. The number of amidine groups is 1. The van der Waals surface area contributed by atoms with Gasteiger partial charge in [-0.25, -0.2) is 9.38 Å². The van der Waals surface area contributed by atoms with Crippen LogP contribution in [0.5, 0.6) is 11.5 Å². The van der Waals surface area contributed by atoms with Gasteiger partial charge in [0.2, 0.25) is 0 Å². The second-order valence-corrected chi connectivity index (χ2v) is 9.07. The first kappa shape index (κ1) is 23.6. The molecule has 0 unspecified atom stereocenters. The van der Waals surface area contributed by atoms with Crippen LogP contribution in [-0.2, 0) is 4.79 Å². The molecule has 1 fully saturated rings.